The minimum absolute atomic E-state index is 0.160. The van der Waals surface area contributed by atoms with Gasteiger partial charge in [-0.1, -0.05) is 104 Å². The summed E-state index contributed by atoms with van der Waals surface area (Å²) in [7, 11) is 0. The van der Waals surface area contributed by atoms with Gasteiger partial charge in [-0.15, -0.1) is 0 Å². The molecular weight excluding hydrogens is 729 g/mol. The Kier molecular flexibility index (Phi) is 16.7. The summed E-state index contributed by atoms with van der Waals surface area (Å²) in [6.07, 6.45) is 33.0. The maximum atomic E-state index is 13.4. The lowest BCUT2D eigenvalue weighted by molar-refractivity contribution is -0.327. The van der Waals surface area contributed by atoms with Gasteiger partial charge in [0, 0.05) is 63.9 Å². The lowest BCUT2D eigenvalue weighted by atomic mass is 9.48. The van der Waals surface area contributed by atoms with E-state index in [2.05, 4.69) is 27.4 Å². The van der Waals surface area contributed by atoms with Crippen molar-refractivity contribution in [1.82, 2.24) is 0 Å². The Hall–Kier alpha value is -1.03. The van der Waals surface area contributed by atoms with Gasteiger partial charge in [0.1, 0.15) is 5.60 Å². The first-order valence-corrected chi connectivity index (χ1v) is 24.7. The molecule has 4 aliphatic carbocycles. The van der Waals surface area contributed by atoms with Crippen molar-refractivity contribution >= 4 is 5.97 Å². The molecule has 0 aromatic heterocycles. The van der Waals surface area contributed by atoms with Gasteiger partial charge < -0.3 is 33.2 Å². The highest BCUT2D eigenvalue weighted by Crippen LogP contribution is 2.65. The molecule has 3 saturated heterocycles. The molecule has 0 aromatic rings. The number of unbranched alkanes of at least 4 members (excludes halogenated alkanes) is 9. The molecule has 4 saturated carbocycles. The molecule has 3 unspecified atom stereocenters. The van der Waals surface area contributed by atoms with Crippen LogP contribution in [0.2, 0.25) is 0 Å². The van der Waals surface area contributed by atoms with E-state index in [4.69, 9.17) is 33.2 Å². The van der Waals surface area contributed by atoms with Gasteiger partial charge in [-0.2, -0.15) is 0 Å². The minimum Gasteiger partial charge on any atom is -0.455 e. The van der Waals surface area contributed by atoms with Crippen LogP contribution < -0.4 is 0 Å². The number of rotatable bonds is 32. The zero-order valence-corrected chi connectivity index (χ0v) is 37.9. The van der Waals surface area contributed by atoms with Crippen LogP contribution in [-0.2, 0) is 38.0 Å². The van der Waals surface area contributed by atoms with Crippen molar-refractivity contribution in [3.63, 3.8) is 0 Å². The fourth-order valence-electron chi connectivity index (χ4n) is 12.8. The van der Waals surface area contributed by atoms with Crippen LogP contribution in [0, 0.1) is 0 Å². The van der Waals surface area contributed by atoms with E-state index >= 15 is 0 Å². The average Bonchev–Trinajstić information content (AvgIpc) is 3.12. The van der Waals surface area contributed by atoms with Crippen LogP contribution in [0.25, 0.3) is 0 Å². The first-order chi connectivity index (χ1) is 28.0. The van der Waals surface area contributed by atoms with Crippen LogP contribution in [0.5, 0.6) is 0 Å². The van der Waals surface area contributed by atoms with Crippen LogP contribution in [0.3, 0.4) is 0 Å². The standard InChI is InChI=1S/C50H86O8/c1-6-21-44(27-33-55-44)24-15-9-12-18-30-52-47-36-48(53-31-19-13-10-16-25-45(22-7-2)28-34-56-45)38-49(37-47,41-50(39-47,40-48)58-43(51)42(4)5)54-32-20-14-11-17-26-46(23-8-3)29-35-57-46/h4,6-41H2,1-3,5H3. The highest BCUT2D eigenvalue weighted by Gasteiger charge is 2.72. The zero-order chi connectivity index (χ0) is 41.1. The van der Waals surface area contributed by atoms with E-state index in [1.807, 2.05) is 0 Å². The van der Waals surface area contributed by atoms with Crippen molar-refractivity contribution < 1.29 is 38.0 Å². The molecule has 0 amide bonds. The number of hydrogen-bond acceptors (Lipinski definition) is 8. The molecule has 334 valence electrons. The van der Waals surface area contributed by atoms with Crippen LogP contribution in [0.4, 0.5) is 0 Å². The summed E-state index contributed by atoms with van der Waals surface area (Å²) in [5.74, 6) is -0.300. The second-order valence-electron chi connectivity index (χ2n) is 20.6. The third-order valence-corrected chi connectivity index (χ3v) is 15.3. The fourth-order valence-corrected chi connectivity index (χ4v) is 12.8. The van der Waals surface area contributed by atoms with Gasteiger partial charge in [0.05, 0.1) is 53.4 Å². The molecule has 7 fully saturated rings. The summed E-state index contributed by atoms with van der Waals surface area (Å²) in [6, 6.07) is 0. The number of hydrogen-bond donors (Lipinski definition) is 0. The normalized spacial score (nSPS) is 36.0. The summed E-state index contributed by atoms with van der Waals surface area (Å²) < 4.78 is 46.0. The fraction of sp³-hybridized carbons (Fsp3) is 0.940. The maximum Gasteiger partial charge on any atom is 0.333 e. The summed E-state index contributed by atoms with van der Waals surface area (Å²) in [5.41, 5.74) is -1.03. The molecule has 7 aliphatic rings. The molecular formula is C50H86O8. The van der Waals surface area contributed by atoms with Crippen LogP contribution in [0.1, 0.15) is 220 Å². The topological polar surface area (TPSA) is 81.7 Å². The monoisotopic (exact) mass is 815 g/mol. The molecule has 58 heavy (non-hydrogen) atoms. The largest absolute Gasteiger partial charge is 0.455 e. The van der Waals surface area contributed by atoms with E-state index < -0.39 is 22.4 Å². The highest BCUT2D eigenvalue weighted by molar-refractivity contribution is 5.87. The van der Waals surface area contributed by atoms with Gasteiger partial charge in [-0.25, -0.2) is 4.79 Å². The Morgan fingerprint density at radius 3 is 1.02 bits per heavy atom. The summed E-state index contributed by atoms with van der Waals surface area (Å²) in [6.45, 7) is 17.5. The first-order valence-electron chi connectivity index (χ1n) is 24.7. The number of ether oxygens (including phenoxy) is 7. The molecule has 3 aliphatic heterocycles. The van der Waals surface area contributed by atoms with E-state index in [-0.39, 0.29) is 22.8 Å². The summed E-state index contributed by atoms with van der Waals surface area (Å²) >= 11 is 0. The maximum absolute atomic E-state index is 13.4. The third kappa shape index (κ3) is 11.9. The van der Waals surface area contributed by atoms with Gasteiger partial charge in [-0.05, 0) is 84.0 Å². The predicted octanol–water partition coefficient (Wildman–Crippen LogP) is 12.2. The second kappa shape index (κ2) is 20.9. The van der Waals surface area contributed by atoms with Crippen LogP contribution >= 0.6 is 0 Å². The van der Waals surface area contributed by atoms with Gasteiger partial charge in [-0.3, -0.25) is 0 Å². The van der Waals surface area contributed by atoms with Gasteiger partial charge >= 0.3 is 5.97 Å². The van der Waals surface area contributed by atoms with Gasteiger partial charge in [0.15, 0.2) is 0 Å². The number of carbonyl (C=O) groups excluding carboxylic acids is 1. The molecule has 0 radical (unpaired) electrons. The van der Waals surface area contributed by atoms with Crippen molar-refractivity contribution in [3.8, 4) is 0 Å². The second-order valence-corrected chi connectivity index (χ2v) is 20.6. The van der Waals surface area contributed by atoms with Crippen molar-refractivity contribution in [1.29, 1.82) is 0 Å². The van der Waals surface area contributed by atoms with E-state index in [0.29, 0.717) is 5.57 Å². The highest BCUT2D eigenvalue weighted by atomic mass is 16.6. The lowest BCUT2D eigenvalue weighted by Gasteiger charge is -2.68. The molecule has 8 nitrogen and oxygen atoms in total. The van der Waals surface area contributed by atoms with E-state index in [9.17, 15) is 4.79 Å². The summed E-state index contributed by atoms with van der Waals surface area (Å²) in [5, 5.41) is 0. The van der Waals surface area contributed by atoms with Crippen LogP contribution in [-0.4, -0.2) is 84.8 Å². The smallest absolute Gasteiger partial charge is 0.333 e. The Balaban J connectivity index is 1.06. The predicted molar refractivity (Wildman–Crippen MR) is 231 cm³/mol. The SMILES string of the molecule is C=C(C)C(=O)OC12CC3(OCCCCCCC4(CCC)CCO4)CC(OCCCCCCC4(CCC)CCO4)(CC(OCCCCCCC4(CCC)CCO4)(C3)C1)C2. The molecule has 0 spiro atoms. The van der Waals surface area contributed by atoms with Gasteiger partial charge in [0.25, 0.3) is 0 Å². The van der Waals surface area contributed by atoms with Crippen molar-refractivity contribution in [2.24, 2.45) is 0 Å². The molecule has 0 N–H and O–H groups in total. The quantitative estimate of drug-likeness (QED) is 0.0377. The molecule has 4 bridgehead atoms. The molecule has 0 aromatic carbocycles. The molecule has 3 heterocycles. The Morgan fingerprint density at radius 2 is 0.759 bits per heavy atom. The van der Waals surface area contributed by atoms with Crippen LogP contribution in [0.15, 0.2) is 12.2 Å². The van der Waals surface area contributed by atoms with E-state index in [1.54, 1.807) is 6.92 Å². The molecule has 3 atom stereocenters. The average molecular weight is 815 g/mol. The Morgan fingerprint density at radius 1 is 0.466 bits per heavy atom. The molecule has 7 rings (SSSR count). The molecule has 8 heteroatoms. The number of esters is 1. The van der Waals surface area contributed by atoms with Crippen molar-refractivity contribution in [2.45, 2.75) is 260 Å². The minimum atomic E-state index is -0.673. The first kappa shape index (κ1) is 46.5. The number of carbonyl (C=O) groups is 1. The van der Waals surface area contributed by atoms with E-state index in [1.165, 1.54) is 116 Å². The lowest BCUT2D eigenvalue weighted by Crippen LogP contribution is -2.74. The summed E-state index contributed by atoms with van der Waals surface area (Å²) in [4.78, 5) is 13.4. The Bertz CT molecular complexity index is 1140. The Labute approximate surface area is 354 Å². The van der Waals surface area contributed by atoms with Gasteiger partial charge in [0.2, 0.25) is 0 Å². The van der Waals surface area contributed by atoms with Crippen molar-refractivity contribution in [2.75, 3.05) is 39.6 Å². The van der Waals surface area contributed by atoms with E-state index in [0.717, 1.165) is 117 Å². The zero-order valence-electron chi connectivity index (χ0n) is 37.9. The van der Waals surface area contributed by atoms with Crippen molar-refractivity contribution in [3.05, 3.63) is 12.2 Å². The third-order valence-electron chi connectivity index (χ3n) is 15.3.